The Balaban J connectivity index is 1.56. The fraction of sp³-hybridized carbons (Fsp3) is 0.240. The van der Waals surface area contributed by atoms with Crippen LogP contribution in [0.1, 0.15) is 25.0 Å². The van der Waals surface area contributed by atoms with Crippen molar-refractivity contribution in [3.05, 3.63) is 83.9 Å². The maximum Gasteiger partial charge on any atom is 0.224 e. The van der Waals surface area contributed by atoms with Crippen LogP contribution in [0, 0.1) is 0 Å². The molecule has 1 amide bonds. The van der Waals surface area contributed by atoms with Crippen LogP contribution in [0.3, 0.4) is 0 Å². The summed E-state index contributed by atoms with van der Waals surface area (Å²) in [4.78, 5) is 12.3. The van der Waals surface area contributed by atoms with Crippen molar-refractivity contribution in [1.29, 1.82) is 0 Å². The van der Waals surface area contributed by atoms with Gasteiger partial charge in [-0.1, -0.05) is 60.7 Å². The number of ether oxygens (including phenoxy) is 2. The molecule has 150 valence electrons. The second-order valence-corrected chi connectivity index (χ2v) is 7.17. The van der Waals surface area contributed by atoms with Crippen LogP contribution in [0.4, 0.5) is 0 Å². The van der Waals surface area contributed by atoms with E-state index in [-0.39, 0.29) is 12.0 Å². The summed E-state index contributed by atoms with van der Waals surface area (Å²) in [7, 11) is 1.62. The predicted molar refractivity (Wildman–Crippen MR) is 116 cm³/mol. The third-order valence-electron chi connectivity index (χ3n) is 4.51. The number of hydrogen-bond donors (Lipinski definition) is 1. The number of nitrogens with one attached hydrogen (secondary N) is 1. The minimum atomic E-state index is -0.0149. The maximum absolute atomic E-state index is 12.3. The molecule has 0 aliphatic heterocycles. The molecular formula is C25H27NO3. The van der Waals surface area contributed by atoms with E-state index in [1.807, 2.05) is 62.4 Å². The fourth-order valence-corrected chi connectivity index (χ4v) is 3.07. The summed E-state index contributed by atoms with van der Waals surface area (Å²) in [5.41, 5.74) is 4.26. The Labute approximate surface area is 172 Å². The summed E-state index contributed by atoms with van der Waals surface area (Å²) in [6, 6.07) is 24.0. The van der Waals surface area contributed by atoms with Gasteiger partial charge in [0.05, 0.1) is 19.6 Å². The summed E-state index contributed by atoms with van der Waals surface area (Å²) >= 11 is 0. The van der Waals surface area contributed by atoms with Gasteiger partial charge in [0.15, 0.2) is 11.5 Å². The van der Waals surface area contributed by atoms with Gasteiger partial charge in [-0.05, 0) is 48.2 Å². The van der Waals surface area contributed by atoms with Crippen LogP contribution < -0.4 is 14.8 Å². The molecule has 0 saturated carbocycles. The summed E-state index contributed by atoms with van der Waals surface area (Å²) < 4.78 is 11.1. The molecule has 3 rings (SSSR count). The van der Waals surface area contributed by atoms with Gasteiger partial charge in [0, 0.05) is 6.54 Å². The molecule has 0 atom stereocenters. The van der Waals surface area contributed by atoms with Crippen LogP contribution in [0.15, 0.2) is 72.8 Å². The van der Waals surface area contributed by atoms with Crippen molar-refractivity contribution in [2.24, 2.45) is 0 Å². The van der Waals surface area contributed by atoms with Crippen molar-refractivity contribution in [2.75, 3.05) is 7.11 Å². The second-order valence-electron chi connectivity index (χ2n) is 7.17. The third kappa shape index (κ3) is 5.85. The number of amides is 1. The monoisotopic (exact) mass is 389 g/mol. The molecule has 0 bridgehead atoms. The zero-order valence-corrected chi connectivity index (χ0v) is 17.1. The predicted octanol–water partition coefficient (Wildman–Crippen LogP) is 5.01. The highest BCUT2D eigenvalue weighted by molar-refractivity contribution is 5.79. The Morgan fingerprint density at radius 3 is 2.17 bits per heavy atom. The lowest BCUT2D eigenvalue weighted by molar-refractivity contribution is -0.120. The van der Waals surface area contributed by atoms with E-state index in [2.05, 4.69) is 29.6 Å². The number of hydrogen-bond acceptors (Lipinski definition) is 3. The van der Waals surface area contributed by atoms with Gasteiger partial charge in [-0.2, -0.15) is 0 Å². The molecule has 4 heteroatoms. The molecule has 0 saturated heterocycles. The molecule has 4 nitrogen and oxygen atoms in total. The van der Waals surface area contributed by atoms with Crippen LogP contribution in [0.25, 0.3) is 11.1 Å². The number of carbonyl (C=O) groups excluding carboxylic acids is 1. The first kappa shape index (κ1) is 20.5. The second kappa shape index (κ2) is 9.78. The van der Waals surface area contributed by atoms with Crippen LogP contribution >= 0.6 is 0 Å². The average Bonchev–Trinajstić information content (AvgIpc) is 2.74. The van der Waals surface area contributed by atoms with Crippen molar-refractivity contribution in [3.8, 4) is 22.6 Å². The Bertz CT molecular complexity index is 934. The molecule has 0 fully saturated rings. The minimum Gasteiger partial charge on any atom is -0.493 e. The van der Waals surface area contributed by atoms with E-state index in [4.69, 9.17) is 9.47 Å². The molecule has 0 aromatic heterocycles. The topological polar surface area (TPSA) is 47.6 Å². The van der Waals surface area contributed by atoms with Crippen LogP contribution in [-0.4, -0.2) is 19.1 Å². The molecule has 0 radical (unpaired) electrons. The first-order chi connectivity index (χ1) is 14.0. The van der Waals surface area contributed by atoms with Crippen molar-refractivity contribution >= 4 is 5.91 Å². The van der Waals surface area contributed by atoms with Gasteiger partial charge in [0.2, 0.25) is 5.91 Å². The van der Waals surface area contributed by atoms with E-state index >= 15 is 0 Å². The summed E-state index contributed by atoms with van der Waals surface area (Å²) in [5.74, 6) is 1.36. The highest BCUT2D eigenvalue weighted by Gasteiger charge is 2.09. The van der Waals surface area contributed by atoms with E-state index < -0.39 is 0 Å². The molecule has 29 heavy (non-hydrogen) atoms. The first-order valence-electron chi connectivity index (χ1n) is 9.80. The molecular weight excluding hydrogens is 362 g/mol. The number of benzene rings is 3. The molecule has 0 unspecified atom stereocenters. The van der Waals surface area contributed by atoms with Gasteiger partial charge < -0.3 is 14.8 Å². The largest absolute Gasteiger partial charge is 0.493 e. The number of carbonyl (C=O) groups is 1. The molecule has 0 aliphatic rings. The van der Waals surface area contributed by atoms with Gasteiger partial charge in [-0.15, -0.1) is 0 Å². The lowest BCUT2D eigenvalue weighted by atomic mass is 10.0. The van der Waals surface area contributed by atoms with Gasteiger partial charge in [0.25, 0.3) is 0 Å². The summed E-state index contributed by atoms with van der Waals surface area (Å²) in [6.07, 6.45) is 0.420. The van der Waals surface area contributed by atoms with E-state index in [1.165, 1.54) is 5.56 Å². The van der Waals surface area contributed by atoms with Crippen molar-refractivity contribution in [3.63, 3.8) is 0 Å². The molecule has 0 spiro atoms. The van der Waals surface area contributed by atoms with Crippen molar-refractivity contribution in [2.45, 2.75) is 32.9 Å². The van der Waals surface area contributed by atoms with E-state index in [9.17, 15) is 4.79 Å². The maximum atomic E-state index is 12.3. The SMILES string of the molecule is COc1cc(CNC(=O)Cc2ccc(-c3ccccc3)cc2)ccc1OC(C)C. The van der Waals surface area contributed by atoms with Crippen LogP contribution in [0.2, 0.25) is 0 Å². The zero-order valence-electron chi connectivity index (χ0n) is 17.1. The Hall–Kier alpha value is -3.27. The van der Waals surface area contributed by atoms with E-state index in [0.29, 0.717) is 24.5 Å². The smallest absolute Gasteiger partial charge is 0.224 e. The highest BCUT2D eigenvalue weighted by atomic mass is 16.5. The Morgan fingerprint density at radius 2 is 1.52 bits per heavy atom. The lowest BCUT2D eigenvalue weighted by Crippen LogP contribution is -2.24. The average molecular weight is 389 g/mol. The first-order valence-corrected chi connectivity index (χ1v) is 9.80. The summed E-state index contributed by atoms with van der Waals surface area (Å²) in [6.45, 7) is 4.39. The third-order valence-corrected chi connectivity index (χ3v) is 4.51. The standard InChI is InChI=1S/C25H27NO3/c1-18(2)29-23-14-11-20(15-24(23)28-3)17-26-25(27)16-19-9-12-22(13-10-19)21-7-5-4-6-8-21/h4-15,18H,16-17H2,1-3H3,(H,26,27). The van der Waals surface area contributed by atoms with Gasteiger partial charge >= 0.3 is 0 Å². The Kier molecular flexibility index (Phi) is 6.90. The molecule has 3 aromatic rings. The fourth-order valence-electron chi connectivity index (χ4n) is 3.07. The normalized spacial score (nSPS) is 10.6. The Morgan fingerprint density at radius 1 is 0.862 bits per heavy atom. The highest BCUT2D eigenvalue weighted by Crippen LogP contribution is 2.29. The minimum absolute atomic E-state index is 0.0149. The zero-order chi connectivity index (χ0) is 20.6. The van der Waals surface area contributed by atoms with Crippen molar-refractivity contribution < 1.29 is 14.3 Å². The molecule has 0 aliphatic carbocycles. The van der Waals surface area contributed by atoms with Gasteiger partial charge in [-0.3, -0.25) is 4.79 Å². The van der Waals surface area contributed by atoms with E-state index in [1.54, 1.807) is 7.11 Å². The van der Waals surface area contributed by atoms with Gasteiger partial charge in [0.1, 0.15) is 0 Å². The number of rotatable bonds is 8. The number of methoxy groups -OCH3 is 1. The molecule has 0 heterocycles. The van der Waals surface area contributed by atoms with Crippen LogP contribution in [-0.2, 0) is 17.8 Å². The van der Waals surface area contributed by atoms with Crippen molar-refractivity contribution in [1.82, 2.24) is 5.32 Å². The van der Waals surface area contributed by atoms with Gasteiger partial charge in [-0.25, -0.2) is 0 Å². The van der Waals surface area contributed by atoms with E-state index in [0.717, 1.165) is 16.7 Å². The quantitative estimate of drug-likeness (QED) is 0.589. The van der Waals surface area contributed by atoms with Crippen LogP contribution in [0.5, 0.6) is 11.5 Å². The lowest BCUT2D eigenvalue weighted by Gasteiger charge is -2.14. The summed E-state index contributed by atoms with van der Waals surface area (Å²) in [5, 5.41) is 2.97. The molecule has 1 N–H and O–H groups in total. The molecule has 3 aromatic carbocycles.